The van der Waals surface area contributed by atoms with Crippen LogP contribution in [0.4, 0.5) is 14.5 Å². The Hall–Kier alpha value is -3.00. The Kier molecular flexibility index (Phi) is 5.09. The van der Waals surface area contributed by atoms with Gasteiger partial charge in [-0.1, -0.05) is 6.07 Å². The van der Waals surface area contributed by atoms with Crippen LogP contribution < -0.4 is 9.46 Å². The van der Waals surface area contributed by atoms with Gasteiger partial charge in [0.2, 0.25) is 0 Å². The van der Waals surface area contributed by atoms with Crippen molar-refractivity contribution in [3.8, 4) is 16.9 Å². The van der Waals surface area contributed by atoms with Gasteiger partial charge in [-0.15, -0.1) is 0 Å². The van der Waals surface area contributed by atoms with E-state index >= 15 is 0 Å². The molecule has 3 aromatic rings. The molecule has 0 aliphatic heterocycles. The second-order valence-corrected chi connectivity index (χ2v) is 7.41. The van der Waals surface area contributed by atoms with E-state index in [4.69, 9.17) is 4.74 Å². The van der Waals surface area contributed by atoms with Crippen molar-refractivity contribution in [2.24, 2.45) is 0 Å². The third-order valence-electron chi connectivity index (χ3n) is 3.99. The molecule has 0 atom stereocenters. The van der Waals surface area contributed by atoms with E-state index in [1.807, 2.05) is 13.0 Å². The Morgan fingerprint density at radius 1 is 1.07 bits per heavy atom. The summed E-state index contributed by atoms with van der Waals surface area (Å²) in [7, 11) is -2.86. The van der Waals surface area contributed by atoms with Crippen molar-refractivity contribution in [1.82, 2.24) is 4.98 Å². The van der Waals surface area contributed by atoms with Crippen molar-refractivity contribution in [2.45, 2.75) is 11.8 Å². The molecule has 0 saturated carbocycles. The molecule has 0 saturated heterocycles. The molecule has 0 radical (unpaired) electrons. The average molecular weight is 390 g/mol. The number of halogens is 2. The van der Waals surface area contributed by atoms with Gasteiger partial charge in [0, 0.05) is 29.6 Å². The van der Waals surface area contributed by atoms with Gasteiger partial charge in [0.1, 0.15) is 10.6 Å². The number of aryl methyl sites for hydroxylation is 1. The smallest absolute Gasteiger partial charge is 0.264 e. The van der Waals surface area contributed by atoms with Crippen LogP contribution in [0.2, 0.25) is 0 Å². The molecule has 0 spiro atoms. The number of ether oxygens (including phenoxy) is 1. The molecule has 3 rings (SSSR count). The predicted octanol–water partition coefficient (Wildman–Crippen LogP) is 4.14. The molecule has 0 bridgehead atoms. The van der Waals surface area contributed by atoms with Gasteiger partial charge >= 0.3 is 0 Å². The number of pyridine rings is 1. The molecular formula is C19H16F2N2O3S. The van der Waals surface area contributed by atoms with Gasteiger partial charge in [-0.3, -0.25) is 9.71 Å². The number of nitrogens with zero attached hydrogens (tertiary/aromatic N) is 1. The first kappa shape index (κ1) is 18.8. The number of sulfonamides is 1. The fourth-order valence-corrected chi connectivity index (χ4v) is 3.76. The van der Waals surface area contributed by atoms with Crippen molar-refractivity contribution in [1.29, 1.82) is 0 Å². The highest BCUT2D eigenvalue weighted by atomic mass is 32.2. The molecule has 140 valence electrons. The number of methoxy groups -OCH3 is 1. The highest BCUT2D eigenvalue weighted by Crippen LogP contribution is 2.34. The zero-order chi connectivity index (χ0) is 19.6. The predicted molar refractivity (Wildman–Crippen MR) is 98.1 cm³/mol. The van der Waals surface area contributed by atoms with Gasteiger partial charge in [0.05, 0.1) is 12.8 Å². The van der Waals surface area contributed by atoms with Crippen LogP contribution in [0.5, 0.6) is 5.75 Å². The van der Waals surface area contributed by atoms with Gasteiger partial charge in [-0.25, -0.2) is 17.2 Å². The standard InChI is InChI=1S/C19H16F2N2O3S/c1-12-8-9-22-11-15(12)14-7-6-13(10-17(14)26-2)23-27(24,25)18-5-3-4-16(20)19(18)21/h3-11,23H,1-2H3. The van der Waals surface area contributed by atoms with Gasteiger partial charge in [-0.2, -0.15) is 0 Å². The van der Waals surface area contributed by atoms with Crippen molar-refractivity contribution < 1.29 is 21.9 Å². The lowest BCUT2D eigenvalue weighted by Gasteiger charge is -2.14. The Morgan fingerprint density at radius 3 is 2.56 bits per heavy atom. The van der Waals surface area contributed by atoms with Crippen LogP contribution in [0.25, 0.3) is 11.1 Å². The Bertz CT molecular complexity index is 1100. The maximum Gasteiger partial charge on any atom is 0.264 e. The highest BCUT2D eigenvalue weighted by Gasteiger charge is 2.22. The summed E-state index contributed by atoms with van der Waals surface area (Å²) in [6.45, 7) is 1.92. The molecule has 1 N–H and O–H groups in total. The minimum absolute atomic E-state index is 0.154. The first-order valence-corrected chi connectivity index (χ1v) is 9.37. The summed E-state index contributed by atoms with van der Waals surface area (Å²) >= 11 is 0. The van der Waals surface area contributed by atoms with Crippen LogP contribution in [-0.4, -0.2) is 20.5 Å². The molecule has 0 unspecified atom stereocenters. The minimum Gasteiger partial charge on any atom is -0.496 e. The number of nitrogens with one attached hydrogen (secondary N) is 1. The lowest BCUT2D eigenvalue weighted by atomic mass is 10.0. The van der Waals surface area contributed by atoms with Crippen LogP contribution in [0, 0.1) is 18.6 Å². The average Bonchev–Trinajstić information content (AvgIpc) is 2.64. The summed E-state index contributed by atoms with van der Waals surface area (Å²) in [6, 6.07) is 9.46. The molecule has 1 heterocycles. The van der Waals surface area contributed by atoms with Gasteiger partial charge < -0.3 is 4.74 Å². The van der Waals surface area contributed by atoms with Crippen LogP contribution in [0.1, 0.15) is 5.56 Å². The van der Waals surface area contributed by atoms with E-state index in [-0.39, 0.29) is 5.69 Å². The molecular weight excluding hydrogens is 374 g/mol. The first-order chi connectivity index (χ1) is 12.8. The van der Waals surface area contributed by atoms with E-state index in [1.54, 1.807) is 18.5 Å². The van der Waals surface area contributed by atoms with Gasteiger partial charge in [0.15, 0.2) is 11.6 Å². The summed E-state index contributed by atoms with van der Waals surface area (Å²) in [5.74, 6) is -2.26. The zero-order valence-corrected chi connectivity index (χ0v) is 15.3. The fraction of sp³-hybridized carbons (Fsp3) is 0.105. The van der Waals surface area contributed by atoms with Crippen molar-refractivity contribution in [3.05, 3.63) is 72.1 Å². The molecule has 2 aromatic carbocycles. The molecule has 8 heteroatoms. The molecule has 5 nitrogen and oxygen atoms in total. The maximum atomic E-state index is 13.8. The molecule has 0 aliphatic rings. The van der Waals surface area contributed by atoms with Crippen molar-refractivity contribution >= 4 is 15.7 Å². The summed E-state index contributed by atoms with van der Waals surface area (Å²) in [6.07, 6.45) is 3.35. The van der Waals surface area contributed by atoms with Gasteiger partial charge in [-0.05, 0) is 42.8 Å². The summed E-state index contributed by atoms with van der Waals surface area (Å²) in [4.78, 5) is 3.32. The van der Waals surface area contributed by atoms with Crippen molar-refractivity contribution in [2.75, 3.05) is 11.8 Å². The molecule has 1 aromatic heterocycles. The first-order valence-electron chi connectivity index (χ1n) is 7.89. The molecule has 27 heavy (non-hydrogen) atoms. The molecule has 0 fully saturated rings. The number of hydrogen-bond donors (Lipinski definition) is 1. The number of hydrogen-bond acceptors (Lipinski definition) is 4. The van der Waals surface area contributed by atoms with Crippen LogP contribution in [-0.2, 0) is 10.0 Å². The summed E-state index contributed by atoms with van der Waals surface area (Å²) in [5.41, 5.74) is 2.68. The van der Waals surface area contributed by atoms with Gasteiger partial charge in [0.25, 0.3) is 10.0 Å². The Balaban J connectivity index is 1.99. The molecule has 0 aliphatic carbocycles. The monoisotopic (exact) mass is 390 g/mol. The van der Waals surface area contributed by atoms with Crippen LogP contribution >= 0.6 is 0 Å². The SMILES string of the molecule is COc1cc(NS(=O)(=O)c2cccc(F)c2F)ccc1-c1cnccc1C. The number of benzene rings is 2. The van der Waals surface area contributed by atoms with E-state index in [2.05, 4.69) is 9.71 Å². The lowest BCUT2D eigenvalue weighted by molar-refractivity contribution is 0.416. The maximum absolute atomic E-state index is 13.8. The topological polar surface area (TPSA) is 68.3 Å². The Labute approximate surface area is 155 Å². The third kappa shape index (κ3) is 3.75. The zero-order valence-electron chi connectivity index (χ0n) is 14.5. The van der Waals surface area contributed by atoms with Crippen molar-refractivity contribution in [3.63, 3.8) is 0 Å². The quantitative estimate of drug-likeness (QED) is 0.711. The second-order valence-electron chi connectivity index (χ2n) is 5.76. The van der Waals surface area contributed by atoms with E-state index in [1.165, 1.54) is 19.2 Å². The van der Waals surface area contributed by atoms with Crippen LogP contribution in [0.3, 0.4) is 0 Å². The fourth-order valence-electron chi connectivity index (χ4n) is 2.62. The Morgan fingerprint density at radius 2 is 1.85 bits per heavy atom. The van der Waals surface area contributed by atoms with Crippen LogP contribution in [0.15, 0.2) is 59.8 Å². The van der Waals surface area contributed by atoms with E-state index in [0.29, 0.717) is 5.75 Å². The third-order valence-corrected chi connectivity index (χ3v) is 5.39. The van der Waals surface area contributed by atoms with E-state index in [9.17, 15) is 17.2 Å². The highest BCUT2D eigenvalue weighted by molar-refractivity contribution is 7.92. The lowest BCUT2D eigenvalue weighted by Crippen LogP contribution is -2.15. The second kappa shape index (κ2) is 7.32. The minimum atomic E-state index is -4.31. The number of aromatic nitrogens is 1. The summed E-state index contributed by atoms with van der Waals surface area (Å²) in [5, 5.41) is 0. The normalized spacial score (nSPS) is 11.3. The van der Waals surface area contributed by atoms with E-state index in [0.717, 1.165) is 34.9 Å². The number of anilines is 1. The molecule has 0 amide bonds. The number of rotatable bonds is 5. The largest absolute Gasteiger partial charge is 0.496 e. The summed E-state index contributed by atoms with van der Waals surface area (Å²) < 4.78 is 59.6. The van der Waals surface area contributed by atoms with E-state index < -0.39 is 26.6 Å².